The van der Waals surface area contributed by atoms with Gasteiger partial charge in [0.05, 0.1) is 23.5 Å². The van der Waals surface area contributed by atoms with Crippen LogP contribution in [0, 0.1) is 0 Å². The number of nitrogen functional groups attached to an aromatic ring is 2. The normalized spacial score (nSPS) is 13.8. The van der Waals surface area contributed by atoms with Crippen LogP contribution in [0.5, 0.6) is 11.5 Å². The van der Waals surface area contributed by atoms with E-state index in [-0.39, 0.29) is 12.1 Å². The zero-order chi connectivity index (χ0) is 23.9. The van der Waals surface area contributed by atoms with Crippen molar-refractivity contribution in [1.29, 1.82) is 0 Å². The molecule has 0 fully saturated rings. The molecule has 0 radical (unpaired) electrons. The van der Waals surface area contributed by atoms with E-state index in [2.05, 4.69) is 0 Å². The largest absolute Gasteiger partial charge is 0.506 e. The predicted molar refractivity (Wildman–Crippen MR) is 95.4 cm³/mol. The summed E-state index contributed by atoms with van der Waals surface area (Å²) in [6.07, 6.45) is -14.7. The lowest BCUT2D eigenvalue weighted by Crippen LogP contribution is -2.55. The molecule has 0 saturated heterocycles. The number of aliphatic hydroxyl groups is 2. The van der Waals surface area contributed by atoms with Crippen molar-refractivity contribution >= 4 is 17.2 Å². The van der Waals surface area contributed by atoms with Crippen LogP contribution in [0.1, 0.15) is 21.5 Å². The number of halogens is 6. The lowest BCUT2D eigenvalue weighted by Gasteiger charge is -2.39. The van der Waals surface area contributed by atoms with Gasteiger partial charge in [-0.25, -0.2) is 0 Å². The number of ketones is 1. The minimum Gasteiger partial charge on any atom is -0.506 e. The number of alkyl halides is 6. The Kier molecular flexibility index (Phi) is 6.07. The SMILES string of the molecule is Nc1cc(C(c2ccc(O)c(N)c2C(=O)C(O)CO)(C(F)(F)F)C(F)(F)F)ccc1O. The van der Waals surface area contributed by atoms with E-state index in [1.165, 1.54) is 0 Å². The Labute approximate surface area is 170 Å². The molecule has 0 aliphatic carbocycles. The summed E-state index contributed by atoms with van der Waals surface area (Å²) in [6.45, 7) is -1.34. The average Bonchev–Trinajstić information content (AvgIpc) is 2.64. The third-order valence-corrected chi connectivity index (χ3v) is 4.66. The number of phenolic OH excluding ortho intramolecular Hbond substituents is 2. The van der Waals surface area contributed by atoms with Crippen LogP contribution in [-0.2, 0) is 5.41 Å². The number of Topliss-reactive ketones (excluding diaryl/α,β-unsaturated/α-hetero) is 1. The van der Waals surface area contributed by atoms with Gasteiger partial charge in [0.15, 0.2) is 5.78 Å². The first-order chi connectivity index (χ1) is 14.1. The van der Waals surface area contributed by atoms with Gasteiger partial charge in [0, 0.05) is 0 Å². The maximum atomic E-state index is 14.3. The van der Waals surface area contributed by atoms with Gasteiger partial charge in [-0.15, -0.1) is 0 Å². The molecule has 13 heteroatoms. The highest BCUT2D eigenvalue weighted by molar-refractivity contribution is 6.06. The molecule has 31 heavy (non-hydrogen) atoms. The van der Waals surface area contributed by atoms with Crippen molar-refractivity contribution in [1.82, 2.24) is 0 Å². The van der Waals surface area contributed by atoms with Gasteiger partial charge in [-0.05, 0) is 29.3 Å². The lowest BCUT2D eigenvalue weighted by molar-refractivity contribution is -0.288. The highest BCUT2D eigenvalue weighted by Gasteiger charge is 2.73. The molecule has 1 atom stereocenters. The predicted octanol–water partition coefficient (Wildman–Crippen LogP) is 2.21. The van der Waals surface area contributed by atoms with Crippen LogP contribution in [0.4, 0.5) is 37.7 Å². The molecule has 170 valence electrons. The van der Waals surface area contributed by atoms with Crippen LogP contribution in [-0.4, -0.2) is 51.3 Å². The summed E-state index contributed by atoms with van der Waals surface area (Å²) in [4.78, 5) is 12.4. The highest BCUT2D eigenvalue weighted by atomic mass is 19.4. The second-order valence-electron chi connectivity index (χ2n) is 6.50. The van der Waals surface area contributed by atoms with E-state index in [1.807, 2.05) is 0 Å². The van der Waals surface area contributed by atoms with Crippen LogP contribution in [0.15, 0.2) is 30.3 Å². The summed E-state index contributed by atoms with van der Waals surface area (Å²) in [5, 5.41) is 37.7. The van der Waals surface area contributed by atoms with Crippen LogP contribution in [0.2, 0.25) is 0 Å². The van der Waals surface area contributed by atoms with Gasteiger partial charge in [0.1, 0.15) is 17.6 Å². The van der Waals surface area contributed by atoms with Gasteiger partial charge in [0.2, 0.25) is 5.41 Å². The molecular weight excluding hydrogens is 438 g/mol. The third kappa shape index (κ3) is 3.70. The van der Waals surface area contributed by atoms with E-state index in [1.54, 1.807) is 0 Å². The van der Waals surface area contributed by atoms with E-state index in [4.69, 9.17) is 16.6 Å². The minimum absolute atomic E-state index is 0.188. The van der Waals surface area contributed by atoms with E-state index in [0.29, 0.717) is 18.2 Å². The van der Waals surface area contributed by atoms with Crippen LogP contribution in [0.3, 0.4) is 0 Å². The van der Waals surface area contributed by atoms with Crippen molar-refractivity contribution in [3.63, 3.8) is 0 Å². The van der Waals surface area contributed by atoms with Crippen LogP contribution >= 0.6 is 0 Å². The minimum atomic E-state index is -6.16. The number of anilines is 2. The molecule has 0 spiro atoms. The van der Waals surface area contributed by atoms with Gasteiger partial charge in [-0.2, -0.15) is 26.3 Å². The first-order valence-electron chi connectivity index (χ1n) is 8.28. The number of nitrogens with two attached hydrogens (primary N) is 2. The summed E-state index contributed by atoms with van der Waals surface area (Å²) in [5.41, 5.74) is -0.907. The molecule has 7 nitrogen and oxygen atoms in total. The zero-order valence-corrected chi connectivity index (χ0v) is 15.3. The second-order valence-corrected chi connectivity index (χ2v) is 6.50. The maximum Gasteiger partial charge on any atom is 0.411 e. The Balaban J connectivity index is 3.14. The first-order valence-corrected chi connectivity index (χ1v) is 8.28. The number of benzene rings is 2. The number of phenols is 2. The smallest absolute Gasteiger partial charge is 0.411 e. The first kappa shape index (κ1) is 24.1. The fraction of sp³-hybridized carbons (Fsp3) is 0.278. The summed E-state index contributed by atoms with van der Waals surface area (Å²) in [6, 6.07) is 1.66. The molecular formula is C18H16F6N2O5. The summed E-state index contributed by atoms with van der Waals surface area (Å²) >= 11 is 0. The number of aromatic hydroxyl groups is 2. The van der Waals surface area contributed by atoms with Gasteiger partial charge >= 0.3 is 12.4 Å². The maximum absolute atomic E-state index is 14.3. The fourth-order valence-corrected chi connectivity index (χ4v) is 3.17. The molecule has 2 rings (SSSR count). The molecule has 0 bridgehead atoms. The fourth-order valence-electron chi connectivity index (χ4n) is 3.17. The van der Waals surface area contributed by atoms with Crippen molar-refractivity contribution in [3.8, 4) is 11.5 Å². The number of hydrogen-bond acceptors (Lipinski definition) is 7. The van der Waals surface area contributed by atoms with Gasteiger partial charge in [0.25, 0.3) is 0 Å². The lowest BCUT2D eigenvalue weighted by atomic mass is 9.70. The molecule has 0 saturated carbocycles. The number of aliphatic hydroxyl groups excluding tert-OH is 2. The molecule has 0 aliphatic heterocycles. The second kappa shape index (κ2) is 7.81. The van der Waals surface area contributed by atoms with Crippen molar-refractivity contribution in [3.05, 3.63) is 47.0 Å². The van der Waals surface area contributed by atoms with Crippen LogP contribution in [0.25, 0.3) is 0 Å². The van der Waals surface area contributed by atoms with Gasteiger partial charge in [-0.1, -0.05) is 12.1 Å². The van der Waals surface area contributed by atoms with Crippen molar-refractivity contribution < 1.29 is 51.6 Å². The summed E-state index contributed by atoms with van der Waals surface area (Å²) in [5.74, 6) is -3.60. The highest BCUT2D eigenvalue weighted by Crippen LogP contribution is 2.58. The Morgan fingerprint density at radius 2 is 1.45 bits per heavy atom. The number of carbonyl (C=O) groups is 1. The van der Waals surface area contributed by atoms with E-state index in [0.717, 1.165) is 0 Å². The molecule has 0 aliphatic rings. The van der Waals surface area contributed by atoms with E-state index < -0.39 is 75.8 Å². The Morgan fingerprint density at radius 3 is 1.90 bits per heavy atom. The Morgan fingerprint density at radius 1 is 0.935 bits per heavy atom. The molecule has 2 aromatic carbocycles. The molecule has 2 aromatic rings. The summed E-state index contributed by atoms with van der Waals surface area (Å²) < 4.78 is 85.7. The monoisotopic (exact) mass is 454 g/mol. The van der Waals surface area contributed by atoms with E-state index >= 15 is 0 Å². The Hall–Kier alpha value is -3.19. The number of rotatable bonds is 5. The number of carbonyl (C=O) groups excluding carboxylic acids is 1. The molecule has 1 unspecified atom stereocenters. The molecule has 8 N–H and O–H groups in total. The molecule has 0 aromatic heterocycles. The van der Waals surface area contributed by atoms with Crippen LogP contribution < -0.4 is 11.5 Å². The van der Waals surface area contributed by atoms with Crippen molar-refractivity contribution in [2.75, 3.05) is 18.1 Å². The Bertz CT molecular complexity index is 992. The quantitative estimate of drug-likeness (QED) is 0.176. The third-order valence-electron chi connectivity index (χ3n) is 4.66. The molecule has 0 heterocycles. The summed E-state index contributed by atoms with van der Waals surface area (Å²) in [7, 11) is 0. The van der Waals surface area contributed by atoms with Crippen molar-refractivity contribution in [2.45, 2.75) is 23.9 Å². The van der Waals surface area contributed by atoms with Gasteiger partial charge < -0.3 is 31.9 Å². The van der Waals surface area contributed by atoms with E-state index in [9.17, 15) is 46.5 Å². The topological polar surface area (TPSA) is 150 Å². The number of hydrogen-bond donors (Lipinski definition) is 6. The van der Waals surface area contributed by atoms with Gasteiger partial charge in [-0.3, -0.25) is 4.79 Å². The average molecular weight is 454 g/mol. The zero-order valence-electron chi connectivity index (χ0n) is 15.3. The van der Waals surface area contributed by atoms with Crippen molar-refractivity contribution in [2.24, 2.45) is 0 Å². The molecule has 0 amide bonds. The standard InChI is InChI=1S/C18H16F6N2O5/c19-17(20,21)16(18(22,23)24,7-1-3-10(28)9(25)5-7)8-2-4-11(29)14(26)13(8)15(31)12(30)6-27/h1-5,12,27-30H,6,25-26H2.